The molecule has 118 valence electrons. The quantitative estimate of drug-likeness (QED) is 0.595. The van der Waals surface area contributed by atoms with Crippen LogP contribution in [0.2, 0.25) is 5.02 Å². The Bertz CT molecular complexity index is 700. The summed E-state index contributed by atoms with van der Waals surface area (Å²) in [5.41, 5.74) is 2.55. The second kappa shape index (κ2) is 8.30. The molecule has 2 aromatic rings. The van der Waals surface area contributed by atoms with Crippen molar-refractivity contribution in [1.29, 1.82) is 0 Å². The average Bonchev–Trinajstić information content (AvgIpc) is 2.54. The normalized spacial score (nSPS) is 10.8. The maximum Gasteiger partial charge on any atom is 0.303 e. The molecule has 0 unspecified atom stereocenters. The van der Waals surface area contributed by atoms with Gasteiger partial charge in [-0.1, -0.05) is 54.1 Å². The smallest absolute Gasteiger partial charge is 0.303 e. The summed E-state index contributed by atoms with van der Waals surface area (Å²) < 4.78 is 0. The van der Waals surface area contributed by atoms with Gasteiger partial charge in [-0.25, -0.2) is 0 Å². The number of halogens is 1. The summed E-state index contributed by atoms with van der Waals surface area (Å²) in [5, 5.41) is 9.28. The number of carbonyl (C=O) groups is 2. The highest BCUT2D eigenvalue weighted by molar-refractivity contribution is 6.30. The minimum atomic E-state index is -0.788. The summed E-state index contributed by atoms with van der Waals surface area (Å²) in [6, 6.07) is 14.5. The highest BCUT2D eigenvalue weighted by Gasteiger charge is 2.03. The zero-order chi connectivity index (χ0) is 16.7. The van der Waals surface area contributed by atoms with E-state index in [2.05, 4.69) is 0 Å². The number of hydrogen-bond acceptors (Lipinski definition) is 2. The first kappa shape index (κ1) is 17.0. The molecule has 3 nitrogen and oxygen atoms in total. The van der Waals surface area contributed by atoms with E-state index in [-0.39, 0.29) is 12.2 Å². The zero-order valence-electron chi connectivity index (χ0n) is 12.5. The van der Waals surface area contributed by atoms with Crippen LogP contribution in [0, 0.1) is 0 Å². The standard InChI is InChI=1S/C19H17ClO3/c20-17-11-6-15(7-12-17)8-13-18(21)16-9-4-14(5-10-16)2-1-3-19(22)23/h4-13H,1-3H2,(H,22,23). The summed E-state index contributed by atoms with van der Waals surface area (Å²) >= 11 is 5.81. The monoisotopic (exact) mass is 328 g/mol. The van der Waals surface area contributed by atoms with Gasteiger partial charge in [0.05, 0.1) is 0 Å². The summed E-state index contributed by atoms with van der Waals surface area (Å²) in [6.45, 7) is 0. The minimum absolute atomic E-state index is 0.0722. The molecule has 0 spiro atoms. The van der Waals surface area contributed by atoms with Gasteiger partial charge in [-0.3, -0.25) is 9.59 Å². The van der Waals surface area contributed by atoms with E-state index in [9.17, 15) is 9.59 Å². The molecule has 0 aliphatic rings. The molecule has 0 aromatic heterocycles. The van der Waals surface area contributed by atoms with Crippen molar-refractivity contribution in [3.63, 3.8) is 0 Å². The van der Waals surface area contributed by atoms with Crippen LogP contribution in [-0.4, -0.2) is 16.9 Å². The lowest BCUT2D eigenvalue weighted by Crippen LogP contribution is -1.97. The molecule has 23 heavy (non-hydrogen) atoms. The molecule has 1 N–H and O–H groups in total. The number of rotatable bonds is 7. The van der Waals surface area contributed by atoms with Crippen molar-refractivity contribution in [3.05, 3.63) is 76.3 Å². The van der Waals surface area contributed by atoms with Gasteiger partial charge in [0.15, 0.2) is 5.78 Å². The van der Waals surface area contributed by atoms with Crippen LogP contribution in [-0.2, 0) is 11.2 Å². The molecule has 0 aliphatic heterocycles. The van der Waals surface area contributed by atoms with Crippen molar-refractivity contribution in [3.8, 4) is 0 Å². The number of carboxylic acid groups (broad SMARTS) is 1. The number of allylic oxidation sites excluding steroid dienone is 1. The molecule has 4 heteroatoms. The van der Waals surface area contributed by atoms with Crippen molar-refractivity contribution in [2.45, 2.75) is 19.3 Å². The Balaban J connectivity index is 1.94. The molecule has 2 rings (SSSR count). The third-order valence-corrected chi connectivity index (χ3v) is 3.64. The predicted molar refractivity (Wildman–Crippen MR) is 91.8 cm³/mol. The van der Waals surface area contributed by atoms with E-state index < -0.39 is 5.97 Å². The first-order valence-corrected chi connectivity index (χ1v) is 7.71. The number of carbonyl (C=O) groups excluding carboxylic acids is 1. The molecule has 0 fully saturated rings. The first-order chi connectivity index (χ1) is 11.0. The van der Waals surface area contributed by atoms with Crippen molar-refractivity contribution >= 4 is 29.4 Å². The first-order valence-electron chi connectivity index (χ1n) is 7.33. The highest BCUT2D eigenvalue weighted by Crippen LogP contribution is 2.12. The van der Waals surface area contributed by atoms with Gasteiger partial charge < -0.3 is 5.11 Å². The predicted octanol–water partition coefficient (Wildman–Crippen LogP) is 4.64. The highest BCUT2D eigenvalue weighted by atomic mass is 35.5. The van der Waals surface area contributed by atoms with Crippen LogP contribution in [0.1, 0.15) is 34.3 Å². The van der Waals surface area contributed by atoms with Crippen LogP contribution in [0.25, 0.3) is 6.08 Å². The summed E-state index contributed by atoms with van der Waals surface area (Å²) in [4.78, 5) is 22.6. The van der Waals surface area contributed by atoms with E-state index in [0.29, 0.717) is 23.4 Å². The molecule has 0 radical (unpaired) electrons. The Kier molecular flexibility index (Phi) is 6.12. The molecule has 0 aliphatic carbocycles. The fraction of sp³-hybridized carbons (Fsp3) is 0.158. The van der Waals surface area contributed by atoms with Crippen LogP contribution in [0.4, 0.5) is 0 Å². The third kappa shape index (κ3) is 5.72. The Morgan fingerprint density at radius 2 is 1.65 bits per heavy atom. The molecule has 0 saturated carbocycles. The summed E-state index contributed by atoms with van der Waals surface area (Å²) in [7, 11) is 0. The molecule has 0 atom stereocenters. The molecule has 0 heterocycles. The van der Waals surface area contributed by atoms with Gasteiger partial charge in [0.25, 0.3) is 0 Å². The van der Waals surface area contributed by atoms with E-state index in [1.807, 2.05) is 24.3 Å². The molecular formula is C19H17ClO3. The van der Waals surface area contributed by atoms with Gasteiger partial charge in [0, 0.05) is 17.0 Å². The van der Waals surface area contributed by atoms with Crippen molar-refractivity contribution in [1.82, 2.24) is 0 Å². The minimum Gasteiger partial charge on any atom is -0.481 e. The van der Waals surface area contributed by atoms with E-state index >= 15 is 0 Å². The van der Waals surface area contributed by atoms with Gasteiger partial charge in [0.1, 0.15) is 0 Å². The van der Waals surface area contributed by atoms with Crippen molar-refractivity contribution < 1.29 is 14.7 Å². The van der Waals surface area contributed by atoms with Crippen molar-refractivity contribution in [2.24, 2.45) is 0 Å². The molecule has 0 bridgehead atoms. The molecule has 2 aromatic carbocycles. The lowest BCUT2D eigenvalue weighted by Gasteiger charge is -2.01. The fourth-order valence-corrected chi connectivity index (χ4v) is 2.25. The number of carboxylic acids is 1. The number of ketones is 1. The van der Waals surface area contributed by atoms with E-state index in [1.165, 1.54) is 6.08 Å². The Morgan fingerprint density at radius 1 is 1.00 bits per heavy atom. The van der Waals surface area contributed by atoms with Crippen LogP contribution < -0.4 is 0 Å². The Labute approximate surface area is 140 Å². The zero-order valence-corrected chi connectivity index (χ0v) is 13.3. The Morgan fingerprint density at radius 3 is 2.26 bits per heavy atom. The maximum atomic E-state index is 12.1. The second-order valence-corrected chi connectivity index (χ2v) is 5.63. The van der Waals surface area contributed by atoms with Gasteiger partial charge in [-0.05, 0) is 42.2 Å². The lowest BCUT2D eigenvalue weighted by atomic mass is 10.0. The average molecular weight is 329 g/mol. The largest absolute Gasteiger partial charge is 0.481 e. The van der Waals surface area contributed by atoms with Crippen molar-refractivity contribution in [2.75, 3.05) is 0 Å². The van der Waals surface area contributed by atoms with Crippen LogP contribution in [0.15, 0.2) is 54.6 Å². The van der Waals surface area contributed by atoms with Crippen LogP contribution in [0.3, 0.4) is 0 Å². The molecule has 0 saturated heterocycles. The SMILES string of the molecule is O=C(O)CCCc1ccc(C(=O)C=Cc2ccc(Cl)cc2)cc1. The lowest BCUT2D eigenvalue weighted by molar-refractivity contribution is -0.137. The van der Waals surface area contributed by atoms with E-state index in [4.69, 9.17) is 16.7 Å². The third-order valence-electron chi connectivity index (χ3n) is 3.39. The second-order valence-electron chi connectivity index (χ2n) is 5.19. The fourth-order valence-electron chi connectivity index (χ4n) is 2.12. The van der Waals surface area contributed by atoms with Gasteiger partial charge in [0.2, 0.25) is 0 Å². The summed E-state index contributed by atoms with van der Waals surface area (Å²) in [6.07, 6.45) is 4.73. The molecule has 0 amide bonds. The maximum absolute atomic E-state index is 12.1. The number of aliphatic carboxylic acids is 1. The van der Waals surface area contributed by atoms with Crippen LogP contribution in [0.5, 0.6) is 0 Å². The van der Waals surface area contributed by atoms with Crippen LogP contribution >= 0.6 is 11.6 Å². The van der Waals surface area contributed by atoms with Gasteiger partial charge in [-0.2, -0.15) is 0 Å². The van der Waals surface area contributed by atoms with Gasteiger partial charge in [-0.15, -0.1) is 0 Å². The number of benzene rings is 2. The topological polar surface area (TPSA) is 54.4 Å². The molecular weight excluding hydrogens is 312 g/mol. The number of aryl methyl sites for hydroxylation is 1. The Hall–Kier alpha value is -2.39. The van der Waals surface area contributed by atoms with Gasteiger partial charge >= 0.3 is 5.97 Å². The van der Waals surface area contributed by atoms with E-state index in [1.54, 1.807) is 30.3 Å². The van der Waals surface area contributed by atoms with E-state index in [0.717, 1.165) is 11.1 Å². The summed E-state index contributed by atoms with van der Waals surface area (Å²) in [5.74, 6) is -0.860. The number of hydrogen-bond donors (Lipinski definition) is 1.